The quantitative estimate of drug-likeness (QED) is 0.369. The number of hydrogen-bond acceptors (Lipinski definition) is 6. The van der Waals surface area contributed by atoms with Crippen molar-refractivity contribution < 1.29 is 27.5 Å². The Morgan fingerprint density at radius 2 is 1.80 bits per heavy atom. The SMILES string of the molecule is CCOC(=O)C1=C(N)N(c2cc(I)cc(C(F)(F)F)c2)C(C)=C(C(C)=O)C1c1ccc(C#N)cc1. The van der Waals surface area contributed by atoms with Crippen LogP contribution in [0.15, 0.2) is 65.1 Å². The standard InChI is InChI=1S/C25H21F3IN3O3/c1-4-35-24(34)22-21(16-7-5-15(12-30)6-8-16)20(14(3)33)13(2)32(23(22)31)19-10-17(25(26,27)28)9-18(29)11-19/h5-11,21H,4,31H2,1-3H3. The maximum atomic E-state index is 13.5. The number of Topliss-reactive ketones (excluding diaryl/α,β-unsaturated/α-hetero) is 1. The molecule has 0 aromatic heterocycles. The zero-order chi connectivity index (χ0) is 26.1. The van der Waals surface area contributed by atoms with Gasteiger partial charge in [-0.25, -0.2) is 4.79 Å². The highest BCUT2D eigenvalue weighted by molar-refractivity contribution is 14.1. The van der Waals surface area contributed by atoms with Crippen LogP contribution in [0.4, 0.5) is 18.9 Å². The molecule has 6 nitrogen and oxygen atoms in total. The molecule has 2 N–H and O–H groups in total. The van der Waals surface area contributed by atoms with E-state index in [1.807, 2.05) is 6.07 Å². The van der Waals surface area contributed by atoms with E-state index in [2.05, 4.69) is 0 Å². The fraction of sp³-hybridized carbons (Fsp3) is 0.240. The monoisotopic (exact) mass is 595 g/mol. The van der Waals surface area contributed by atoms with Crippen molar-refractivity contribution >= 4 is 40.0 Å². The normalized spacial score (nSPS) is 16.3. The molecule has 35 heavy (non-hydrogen) atoms. The van der Waals surface area contributed by atoms with E-state index in [4.69, 9.17) is 15.7 Å². The highest BCUT2D eigenvalue weighted by Crippen LogP contribution is 2.44. The van der Waals surface area contributed by atoms with Gasteiger partial charge >= 0.3 is 12.1 Å². The van der Waals surface area contributed by atoms with Gasteiger partial charge in [0.1, 0.15) is 5.82 Å². The number of benzene rings is 2. The minimum atomic E-state index is -4.61. The number of ketones is 1. The molecular weight excluding hydrogens is 574 g/mol. The molecule has 1 aliphatic heterocycles. The Labute approximate surface area is 214 Å². The van der Waals surface area contributed by atoms with E-state index in [0.29, 0.717) is 14.7 Å². The van der Waals surface area contributed by atoms with Crippen molar-refractivity contribution in [1.29, 1.82) is 5.26 Å². The van der Waals surface area contributed by atoms with E-state index in [1.165, 1.54) is 17.9 Å². The van der Waals surface area contributed by atoms with E-state index in [1.54, 1.807) is 60.7 Å². The number of esters is 1. The third kappa shape index (κ3) is 5.19. The average Bonchev–Trinajstić information content (AvgIpc) is 2.77. The van der Waals surface area contributed by atoms with Crippen molar-refractivity contribution in [2.75, 3.05) is 11.5 Å². The van der Waals surface area contributed by atoms with Gasteiger partial charge < -0.3 is 15.4 Å². The van der Waals surface area contributed by atoms with Gasteiger partial charge in [0.2, 0.25) is 0 Å². The van der Waals surface area contributed by atoms with Gasteiger partial charge in [0.25, 0.3) is 0 Å². The predicted octanol–water partition coefficient (Wildman–Crippen LogP) is 5.38. The van der Waals surface area contributed by atoms with E-state index in [0.717, 1.165) is 12.1 Å². The lowest BCUT2D eigenvalue weighted by Gasteiger charge is -2.37. The Morgan fingerprint density at radius 1 is 1.17 bits per heavy atom. The molecule has 0 amide bonds. The van der Waals surface area contributed by atoms with Crippen LogP contribution < -0.4 is 10.6 Å². The minimum Gasteiger partial charge on any atom is -0.463 e. The van der Waals surface area contributed by atoms with Gasteiger partial charge in [-0.15, -0.1) is 0 Å². The molecule has 182 valence electrons. The van der Waals surface area contributed by atoms with Gasteiger partial charge in [-0.2, -0.15) is 18.4 Å². The molecule has 2 aromatic carbocycles. The summed E-state index contributed by atoms with van der Waals surface area (Å²) in [6.07, 6.45) is -4.61. The predicted molar refractivity (Wildman–Crippen MR) is 132 cm³/mol. The fourth-order valence-corrected chi connectivity index (χ4v) is 4.75. The Balaban J connectivity index is 2.34. The van der Waals surface area contributed by atoms with Crippen LogP contribution in [0.25, 0.3) is 0 Å². The lowest BCUT2D eigenvalue weighted by molar-refractivity contribution is -0.139. The number of nitriles is 1. The molecule has 0 fully saturated rings. The second-order valence-corrected chi connectivity index (χ2v) is 9.02. The van der Waals surface area contributed by atoms with Crippen molar-refractivity contribution in [3.05, 3.63) is 85.4 Å². The van der Waals surface area contributed by atoms with E-state index >= 15 is 0 Å². The summed E-state index contributed by atoms with van der Waals surface area (Å²) in [5.41, 5.74) is 6.90. The minimum absolute atomic E-state index is 0.0231. The van der Waals surface area contributed by atoms with Crippen molar-refractivity contribution in [3.8, 4) is 6.07 Å². The number of carbonyl (C=O) groups excluding carboxylic acids is 2. The summed E-state index contributed by atoms with van der Waals surface area (Å²) >= 11 is 1.77. The molecule has 1 atom stereocenters. The van der Waals surface area contributed by atoms with Crippen LogP contribution in [-0.4, -0.2) is 18.4 Å². The molecule has 0 radical (unpaired) electrons. The molecule has 0 saturated heterocycles. The molecule has 1 aliphatic rings. The zero-order valence-corrected chi connectivity index (χ0v) is 21.2. The summed E-state index contributed by atoms with van der Waals surface area (Å²) in [6.45, 7) is 4.51. The van der Waals surface area contributed by atoms with Gasteiger partial charge in [0, 0.05) is 20.5 Å². The highest BCUT2D eigenvalue weighted by Gasteiger charge is 2.40. The molecule has 10 heteroatoms. The Bertz CT molecular complexity index is 1290. The number of ether oxygens (including phenoxy) is 1. The second-order valence-electron chi connectivity index (χ2n) is 7.77. The molecule has 1 heterocycles. The third-order valence-corrected chi connectivity index (χ3v) is 6.16. The summed E-state index contributed by atoms with van der Waals surface area (Å²) < 4.78 is 46.1. The summed E-state index contributed by atoms with van der Waals surface area (Å²) in [5.74, 6) is -2.26. The molecule has 0 spiro atoms. The van der Waals surface area contributed by atoms with Crippen LogP contribution in [0.5, 0.6) is 0 Å². The topological polar surface area (TPSA) is 96.4 Å². The first-order valence-electron chi connectivity index (χ1n) is 10.5. The molecular formula is C25H21F3IN3O3. The maximum Gasteiger partial charge on any atom is 0.416 e. The number of nitrogens with two attached hydrogens (primary N) is 1. The summed E-state index contributed by atoms with van der Waals surface area (Å²) in [7, 11) is 0. The Morgan fingerprint density at radius 3 is 2.31 bits per heavy atom. The lowest BCUT2D eigenvalue weighted by atomic mass is 9.79. The third-order valence-electron chi connectivity index (χ3n) is 5.54. The number of hydrogen-bond donors (Lipinski definition) is 1. The number of carbonyl (C=O) groups is 2. The number of allylic oxidation sites excluding steroid dienone is 2. The number of rotatable bonds is 5. The fourth-order valence-electron chi connectivity index (χ4n) is 4.10. The highest BCUT2D eigenvalue weighted by atomic mass is 127. The van der Waals surface area contributed by atoms with E-state index in [-0.39, 0.29) is 35.0 Å². The van der Waals surface area contributed by atoms with Gasteiger partial charge in [0.15, 0.2) is 5.78 Å². The average molecular weight is 595 g/mol. The smallest absolute Gasteiger partial charge is 0.416 e. The number of anilines is 1. The first kappa shape index (κ1) is 26.3. The van der Waals surface area contributed by atoms with Crippen LogP contribution in [0.1, 0.15) is 43.4 Å². The van der Waals surface area contributed by atoms with Gasteiger partial charge in [0.05, 0.1) is 35.3 Å². The molecule has 0 bridgehead atoms. The maximum absolute atomic E-state index is 13.5. The summed E-state index contributed by atoms with van der Waals surface area (Å²) in [6, 6.07) is 11.7. The molecule has 0 aliphatic carbocycles. The van der Waals surface area contributed by atoms with E-state index < -0.39 is 29.4 Å². The first-order chi connectivity index (χ1) is 16.4. The number of alkyl halides is 3. The zero-order valence-electron chi connectivity index (χ0n) is 19.0. The van der Waals surface area contributed by atoms with Crippen molar-refractivity contribution in [2.45, 2.75) is 32.9 Å². The Kier molecular flexibility index (Phi) is 7.59. The molecule has 2 aromatic rings. The van der Waals surface area contributed by atoms with Crippen molar-refractivity contribution in [2.24, 2.45) is 5.73 Å². The van der Waals surface area contributed by atoms with Crippen LogP contribution in [0.2, 0.25) is 0 Å². The second kappa shape index (κ2) is 10.1. The number of nitrogens with zero attached hydrogens (tertiary/aromatic N) is 2. The van der Waals surface area contributed by atoms with Crippen molar-refractivity contribution in [1.82, 2.24) is 0 Å². The largest absolute Gasteiger partial charge is 0.463 e. The molecule has 0 saturated carbocycles. The van der Waals surface area contributed by atoms with Crippen LogP contribution in [-0.2, 0) is 20.5 Å². The Hall–Kier alpha value is -3.33. The first-order valence-corrected chi connectivity index (χ1v) is 11.5. The van der Waals surface area contributed by atoms with Crippen LogP contribution in [0, 0.1) is 14.9 Å². The van der Waals surface area contributed by atoms with Gasteiger partial charge in [-0.05, 0) is 79.3 Å². The molecule has 1 unspecified atom stereocenters. The summed E-state index contributed by atoms with van der Waals surface area (Å²) in [5, 5.41) is 9.13. The van der Waals surface area contributed by atoms with Crippen molar-refractivity contribution in [3.63, 3.8) is 0 Å². The lowest BCUT2D eigenvalue weighted by Crippen LogP contribution is -2.38. The molecule has 3 rings (SSSR count). The van der Waals surface area contributed by atoms with E-state index in [9.17, 15) is 22.8 Å². The van der Waals surface area contributed by atoms with Gasteiger partial charge in [-0.1, -0.05) is 12.1 Å². The van der Waals surface area contributed by atoms with Gasteiger partial charge in [-0.3, -0.25) is 4.79 Å². The number of halogens is 4. The van der Waals surface area contributed by atoms with Crippen LogP contribution >= 0.6 is 22.6 Å². The van der Waals surface area contributed by atoms with Crippen LogP contribution in [0.3, 0.4) is 0 Å². The summed E-state index contributed by atoms with van der Waals surface area (Å²) in [4.78, 5) is 27.3.